The molecule has 9 aromatic rings. The lowest BCUT2D eigenvalue weighted by Gasteiger charge is -2.22. The van der Waals surface area contributed by atoms with Gasteiger partial charge >= 0.3 is 0 Å². The smallest absolute Gasteiger partial charge is 0.213 e. The maximum absolute atomic E-state index is 5.09. The molecule has 0 aliphatic rings. The minimum atomic E-state index is 0.209. The Morgan fingerprint density at radius 3 is 0.527 bits per heavy atom. The van der Waals surface area contributed by atoms with Crippen LogP contribution in [0, 0.1) is 0 Å². The van der Waals surface area contributed by atoms with Crippen LogP contribution in [0.2, 0.25) is 0 Å². The molecular formula is C45H30N10. The number of hydrogen-bond acceptors (Lipinski definition) is 10. The van der Waals surface area contributed by atoms with Gasteiger partial charge in [0.2, 0.25) is 17.8 Å². The van der Waals surface area contributed by atoms with Gasteiger partial charge < -0.3 is 0 Å². The van der Waals surface area contributed by atoms with Crippen molar-refractivity contribution in [3.05, 3.63) is 182 Å². The molecule has 0 atom stereocenters. The highest BCUT2D eigenvalue weighted by Crippen LogP contribution is 2.34. The van der Waals surface area contributed by atoms with Gasteiger partial charge in [-0.25, -0.2) is 19.9 Å². The highest BCUT2D eigenvalue weighted by atomic mass is 15.4. The second-order valence-corrected chi connectivity index (χ2v) is 12.4. The predicted molar refractivity (Wildman–Crippen MR) is 214 cm³/mol. The Labute approximate surface area is 317 Å². The van der Waals surface area contributed by atoms with Crippen LogP contribution in [0.15, 0.2) is 182 Å². The van der Waals surface area contributed by atoms with E-state index in [2.05, 4.69) is 0 Å². The fraction of sp³-hybridized carbons (Fsp3) is 0. The summed E-state index contributed by atoms with van der Waals surface area (Å²) in [5.74, 6) is 3.35. The Hall–Kier alpha value is -7.85. The average Bonchev–Trinajstić information content (AvgIpc) is 3.28. The van der Waals surface area contributed by atoms with E-state index in [1.165, 1.54) is 0 Å². The third kappa shape index (κ3) is 7.15. The molecule has 0 saturated carbocycles. The molecule has 3 aromatic heterocycles. The zero-order valence-corrected chi connectivity index (χ0v) is 29.3. The predicted octanol–water partition coefficient (Wildman–Crippen LogP) is 9.71. The number of hydrogen-bond donors (Lipinski definition) is 0. The zero-order chi connectivity index (χ0) is 36.8. The highest BCUT2D eigenvalue weighted by Gasteiger charge is 2.27. The number of nitrogens with zero attached hydrogens (tertiary/aromatic N) is 10. The molecule has 0 amide bonds. The van der Waals surface area contributed by atoms with E-state index < -0.39 is 0 Å². The molecule has 0 saturated heterocycles. The normalized spacial score (nSPS) is 10.9. The van der Waals surface area contributed by atoms with Crippen LogP contribution in [-0.4, -0.2) is 44.9 Å². The SMILES string of the molecule is c1ccc(-c2nc(-c3ccccc3)nc(N(c3nc(-c4ccccc4)nc(-c4ccccc4)n3)c3nc(-c4ccccc4)nc(-c4ccccc4)n3)n2)cc1. The Bertz CT molecular complexity index is 2210. The fourth-order valence-electron chi connectivity index (χ4n) is 5.96. The van der Waals surface area contributed by atoms with E-state index in [1.807, 2.05) is 182 Å². The van der Waals surface area contributed by atoms with Crippen molar-refractivity contribution in [1.29, 1.82) is 0 Å². The van der Waals surface area contributed by atoms with Gasteiger partial charge in [0.05, 0.1) is 0 Å². The minimum absolute atomic E-state index is 0.209. The second-order valence-electron chi connectivity index (χ2n) is 12.4. The van der Waals surface area contributed by atoms with Crippen molar-refractivity contribution < 1.29 is 0 Å². The van der Waals surface area contributed by atoms with E-state index in [4.69, 9.17) is 44.9 Å². The summed E-state index contributed by atoms with van der Waals surface area (Å²) < 4.78 is 0. The van der Waals surface area contributed by atoms with Crippen LogP contribution in [0.3, 0.4) is 0 Å². The molecule has 0 radical (unpaired) electrons. The van der Waals surface area contributed by atoms with E-state index in [1.54, 1.807) is 4.90 Å². The van der Waals surface area contributed by atoms with Gasteiger partial charge in [-0.3, -0.25) is 0 Å². The second kappa shape index (κ2) is 15.0. The van der Waals surface area contributed by atoms with Crippen molar-refractivity contribution in [3.8, 4) is 68.3 Å². The van der Waals surface area contributed by atoms with Crippen LogP contribution in [0.4, 0.5) is 17.8 Å². The molecular weight excluding hydrogens is 681 g/mol. The molecule has 0 aliphatic carbocycles. The van der Waals surface area contributed by atoms with Crippen molar-refractivity contribution in [2.45, 2.75) is 0 Å². The van der Waals surface area contributed by atoms with Crippen molar-refractivity contribution in [2.24, 2.45) is 0 Å². The van der Waals surface area contributed by atoms with Crippen LogP contribution < -0.4 is 4.90 Å². The van der Waals surface area contributed by atoms with Crippen molar-refractivity contribution in [2.75, 3.05) is 4.90 Å². The maximum atomic E-state index is 5.09. The Kier molecular flexibility index (Phi) is 9.01. The Balaban J connectivity index is 1.36. The summed E-state index contributed by atoms with van der Waals surface area (Å²) in [7, 11) is 0. The van der Waals surface area contributed by atoms with Gasteiger partial charge in [0.25, 0.3) is 0 Å². The average molecular weight is 711 g/mol. The van der Waals surface area contributed by atoms with Gasteiger partial charge in [0, 0.05) is 33.4 Å². The Morgan fingerprint density at radius 2 is 0.364 bits per heavy atom. The number of anilines is 3. The van der Waals surface area contributed by atoms with E-state index in [0.29, 0.717) is 34.9 Å². The van der Waals surface area contributed by atoms with E-state index in [-0.39, 0.29) is 17.8 Å². The maximum Gasteiger partial charge on any atom is 0.243 e. The lowest BCUT2D eigenvalue weighted by atomic mass is 10.2. The third-order valence-corrected chi connectivity index (χ3v) is 8.66. The number of aromatic nitrogens is 9. The van der Waals surface area contributed by atoms with Gasteiger partial charge in [0.1, 0.15) is 0 Å². The molecule has 0 fully saturated rings. The molecule has 6 aromatic carbocycles. The molecule has 0 unspecified atom stereocenters. The van der Waals surface area contributed by atoms with Crippen LogP contribution >= 0.6 is 0 Å². The molecule has 10 nitrogen and oxygen atoms in total. The Morgan fingerprint density at radius 1 is 0.200 bits per heavy atom. The standard InChI is InChI=1S/C45H30N10/c1-7-19-31(20-8-1)37-46-38(32-21-9-2-10-22-32)50-43(49-37)55(44-51-39(33-23-11-3-12-24-33)47-40(52-44)34-25-13-4-14-26-34)45-53-41(35-27-15-5-16-28-35)48-42(54-45)36-29-17-6-18-30-36/h1-30H. The molecule has 9 rings (SSSR count). The first-order valence-electron chi connectivity index (χ1n) is 17.7. The third-order valence-electron chi connectivity index (χ3n) is 8.66. The highest BCUT2D eigenvalue weighted by molar-refractivity contribution is 5.73. The van der Waals surface area contributed by atoms with Gasteiger partial charge in [-0.1, -0.05) is 182 Å². The molecule has 0 aliphatic heterocycles. The van der Waals surface area contributed by atoms with Gasteiger partial charge in [-0.15, -0.1) is 0 Å². The summed E-state index contributed by atoms with van der Waals surface area (Å²) in [5.41, 5.74) is 4.83. The van der Waals surface area contributed by atoms with Gasteiger partial charge in [-0.2, -0.15) is 29.9 Å². The summed E-state index contributed by atoms with van der Waals surface area (Å²) >= 11 is 0. The first-order chi connectivity index (χ1) is 27.2. The quantitative estimate of drug-likeness (QED) is 0.143. The molecule has 10 heteroatoms. The van der Waals surface area contributed by atoms with E-state index in [0.717, 1.165) is 33.4 Å². The summed E-state index contributed by atoms with van der Waals surface area (Å²) in [4.78, 5) is 47.1. The molecule has 0 bridgehead atoms. The lowest BCUT2D eigenvalue weighted by molar-refractivity contribution is 0.919. The van der Waals surface area contributed by atoms with Crippen LogP contribution in [0.5, 0.6) is 0 Å². The summed E-state index contributed by atoms with van der Waals surface area (Å²) in [6, 6.07) is 58.7. The van der Waals surface area contributed by atoms with Gasteiger partial charge in [-0.05, 0) is 0 Å². The lowest BCUT2D eigenvalue weighted by Crippen LogP contribution is -2.22. The molecule has 0 N–H and O–H groups in total. The number of rotatable bonds is 9. The zero-order valence-electron chi connectivity index (χ0n) is 29.3. The first kappa shape index (κ1) is 33.0. The largest absolute Gasteiger partial charge is 0.243 e. The van der Waals surface area contributed by atoms with E-state index in [9.17, 15) is 0 Å². The monoisotopic (exact) mass is 710 g/mol. The summed E-state index contributed by atoms with van der Waals surface area (Å²) in [6.45, 7) is 0. The minimum Gasteiger partial charge on any atom is -0.213 e. The topological polar surface area (TPSA) is 119 Å². The van der Waals surface area contributed by atoms with E-state index >= 15 is 0 Å². The molecule has 3 heterocycles. The molecule has 260 valence electrons. The molecule has 55 heavy (non-hydrogen) atoms. The first-order valence-corrected chi connectivity index (χ1v) is 17.7. The number of benzene rings is 6. The van der Waals surface area contributed by atoms with Gasteiger partial charge in [0.15, 0.2) is 34.9 Å². The van der Waals surface area contributed by atoms with Crippen molar-refractivity contribution in [1.82, 2.24) is 44.9 Å². The van der Waals surface area contributed by atoms with Crippen molar-refractivity contribution >= 4 is 17.8 Å². The van der Waals surface area contributed by atoms with Crippen LogP contribution in [-0.2, 0) is 0 Å². The van der Waals surface area contributed by atoms with Crippen molar-refractivity contribution in [3.63, 3.8) is 0 Å². The summed E-state index contributed by atoms with van der Waals surface area (Å²) in [5, 5.41) is 0. The van der Waals surface area contributed by atoms with Crippen LogP contribution in [0.1, 0.15) is 0 Å². The molecule has 0 spiro atoms. The van der Waals surface area contributed by atoms with Crippen LogP contribution in [0.25, 0.3) is 68.3 Å². The fourth-order valence-corrected chi connectivity index (χ4v) is 5.96. The summed E-state index contributed by atoms with van der Waals surface area (Å²) in [6.07, 6.45) is 0.